The lowest BCUT2D eigenvalue weighted by molar-refractivity contribution is 0.0260. The van der Waals surface area contributed by atoms with Gasteiger partial charge in [-0.2, -0.15) is 0 Å². The highest BCUT2D eigenvalue weighted by atomic mass is 35.5. The molecule has 3 nitrogen and oxygen atoms in total. The van der Waals surface area contributed by atoms with E-state index in [1.165, 1.54) is 0 Å². The zero-order valence-electron chi connectivity index (χ0n) is 11.0. The third kappa shape index (κ3) is 6.97. The summed E-state index contributed by atoms with van der Waals surface area (Å²) >= 11 is 5.80. The third-order valence-electron chi connectivity index (χ3n) is 2.38. The zero-order valence-corrected chi connectivity index (χ0v) is 11.8. The van der Waals surface area contributed by atoms with Crippen LogP contribution in [-0.2, 0) is 11.3 Å². The molecule has 0 amide bonds. The van der Waals surface area contributed by atoms with Crippen LogP contribution in [-0.4, -0.2) is 31.0 Å². The van der Waals surface area contributed by atoms with Gasteiger partial charge in [0.25, 0.3) is 0 Å². The first kappa shape index (κ1) is 15.4. The van der Waals surface area contributed by atoms with Gasteiger partial charge in [-0.1, -0.05) is 37.6 Å². The summed E-state index contributed by atoms with van der Waals surface area (Å²) in [5, 5.41) is 13.6. The van der Waals surface area contributed by atoms with Crippen LogP contribution in [0.1, 0.15) is 19.4 Å². The monoisotopic (exact) mass is 271 g/mol. The van der Waals surface area contributed by atoms with E-state index >= 15 is 0 Å². The van der Waals surface area contributed by atoms with Gasteiger partial charge >= 0.3 is 0 Å². The second-order valence-electron chi connectivity index (χ2n) is 4.84. The molecule has 1 aromatic rings. The Morgan fingerprint density at radius 1 is 1.22 bits per heavy atom. The second-order valence-corrected chi connectivity index (χ2v) is 5.28. The van der Waals surface area contributed by atoms with Gasteiger partial charge in [0.1, 0.15) is 0 Å². The summed E-state index contributed by atoms with van der Waals surface area (Å²) in [6, 6.07) is 7.66. The Kier molecular flexibility index (Phi) is 7.28. The van der Waals surface area contributed by atoms with Crippen LogP contribution in [0.5, 0.6) is 0 Å². The average Bonchev–Trinajstić information content (AvgIpc) is 2.31. The first-order valence-corrected chi connectivity index (χ1v) is 6.66. The molecule has 1 aromatic carbocycles. The van der Waals surface area contributed by atoms with Gasteiger partial charge in [0.2, 0.25) is 0 Å². The van der Waals surface area contributed by atoms with Gasteiger partial charge in [-0.25, -0.2) is 0 Å². The summed E-state index contributed by atoms with van der Waals surface area (Å²) < 4.78 is 5.37. The van der Waals surface area contributed by atoms with Crippen molar-refractivity contribution in [2.75, 3.05) is 19.8 Å². The standard InChI is InChI=1S/C14H22ClNO2/c1-11(2)9-18-10-14(17)8-16-7-12-3-5-13(15)6-4-12/h3-6,11,14,16-17H,7-10H2,1-2H3. The molecule has 18 heavy (non-hydrogen) atoms. The lowest BCUT2D eigenvalue weighted by Crippen LogP contribution is -2.30. The Bertz CT molecular complexity index is 327. The third-order valence-corrected chi connectivity index (χ3v) is 2.64. The number of aliphatic hydroxyl groups is 1. The van der Waals surface area contributed by atoms with Crippen molar-refractivity contribution in [2.24, 2.45) is 5.92 Å². The number of rotatable bonds is 8. The van der Waals surface area contributed by atoms with Crippen LogP contribution >= 0.6 is 11.6 Å². The Morgan fingerprint density at radius 3 is 2.50 bits per heavy atom. The molecule has 0 saturated carbocycles. The highest BCUT2D eigenvalue weighted by Gasteiger charge is 2.04. The van der Waals surface area contributed by atoms with Crippen LogP contribution in [0.15, 0.2) is 24.3 Å². The molecule has 0 aliphatic rings. The minimum absolute atomic E-state index is 0.381. The van der Waals surface area contributed by atoms with Gasteiger partial charge in [0.05, 0.1) is 12.7 Å². The molecular weight excluding hydrogens is 250 g/mol. The number of benzene rings is 1. The molecule has 0 saturated heterocycles. The molecule has 1 unspecified atom stereocenters. The summed E-state index contributed by atoms with van der Waals surface area (Å²) in [4.78, 5) is 0. The number of ether oxygens (including phenoxy) is 1. The Morgan fingerprint density at radius 2 is 1.89 bits per heavy atom. The summed E-state index contributed by atoms with van der Waals surface area (Å²) in [5.41, 5.74) is 1.15. The molecule has 4 heteroatoms. The first-order valence-electron chi connectivity index (χ1n) is 6.29. The molecule has 0 aliphatic heterocycles. The van der Waals surface area contributed by atoms with E-state index in [9.17, 15) is 5.11 Å². The molecule has 0 bridgehead atoms. The highest BCUT2D eigenvalue weighted by molar-refractivity contribution is 6.30. The number of hydrogen-bond acceptors (Lipinski definition) is 3. The molecule has 2 N–H and O–H groups in total. The fraction of sp³-hybridized carbons (Fsp3) is 0.571. The van der Waals surface area contributed by atoms with Crippen molar-refractivity contribution in [1.29, 1.82) is 0 Å². The van der Waals surface area contributed by atoms with Gasteiger partial charge in [-0.15, -0.1) is 0 Å². The summed E-state index contributed by atoms with van der Waals surface area (Å²) in [5.74, 6) is 0.499. The van der Waals surface area contributed by atoms with E-state index in [1.807, 2.05) is 24.3 Å². The minimum Gasteiger partial charge on any atom is -0.389 e. The molecule has 1 rings (SSSR count). The van der Waals surface area contributed by atoms with Crippen molar-refractivity contribution in [3.63, 3.8) is 0 Å². The van der Waals surface area contributed by atoms with Crippen LogP contribution in [0, 0.1) is 5.92 Å². The van der Waals surface area contributed by atoms with Crippen LogP contribution in [0.3, 0.4) is 0 Å². The van der Waals surface area contributed by atoms with Crippen molar-refractivity contribution >= 4 is 11.6 Å². The number of aliphatic hydroxyl groups excluding tert-OH is 1. The van der Waals surface area contributed by atoms with E-state index in [1.54, 1.807) is 0 Å². The molecule has 0 radical (unpaired) electrons. The Balaban J connectivity index is 2.11. The maximum atomic E-state index is 9.68. The smallest absolute Gasteiger partial charge is 0.0897 e. The number of hydrogen-bond donors (Lipinski definition) is 2. The van der Waals surface area contributed by atoms with Crippen molar-refractivity contribution in [3.05, 3.63) is 34.9 Å². The number of halogens is 1. The predicted molar refractivity (Wildman–Crippen MR) is 74.8 cm³/mol. The van der Waals surface area contributed by atoms with Crippen LogP contribution < -0.4 is 5.32 Å². The Hall–Kier alpha value is -0.610. The van der Waals surface area contributed by atoms with Gasteiger partial charge in [0.15, 0.2) is 0 Å². The van der Waals surface area contributed by atoms with E-state index in [4.69, 9.17) is 16.3 Å². The molecular formula is C14H22ClNO2. The lowest BCUT2D eigenvalue weighted by atomic mass is 10.2. The number of nitrogens with one attached hydrogen (secondary N) is 1. The SMILES string of the molecule is CC(C)COCC(O)CNCc1ccc(Cl)cc1. The zero-order chi connectivity index (χ0) is 13.4. The van der Waals surface area contributed by atoms with Crippen molar-refractivity contribution in [1.82, 2.24) is 5.32 Å². The quantitative estimate of drug-likeness (QED) is 0.763. The Labute approximate surface area is 114 Å². The lowest BCUT2D eigenvalue weighted by Gasteiger charge is -2.13. The van der Waals surface area contributed by atoms with E-state index in [0.717, 1.165) is 17.1 Å². The van der Waals surface area contributed by atoms with E-state index in [0.29, 0.717) is 25.7 Å². The van der Waals surface area contributed by atoms with Crippen molar-refractivity contribution in [2.45, 2.75) is 26.5 Å². The maximum Gasteiger partial charge on any atom is 0.0897 e. The molecule has 0 aromatic heterocycles. The molecule has 0 spiro atoms. The van der Waals surface area contributed by atoms with Gasteiger partial charge in [-0.05, 0) is 23.6 Å². The van der Waals surface area contributed by atoms with Gasteiger partial charge in [0, 0.05) is 24.7 Å². The maximum absolute atomic E-state index is 9.68. The fourth-order valence-electron chi connectivity index (χ4n) is 1.48. The molecule has 102 valence electrons. The summed E-state index contributed by atoms with van der Waals surface area (Å²) in [6.07, 6.45) is -0.462. The van der Waals surface area contributed by atoms with E-state index in [2.05, 4.69) is 19.2 Å². The summed E-state index contributed by atoms with van der Waals surface area (Å²) in [7, 11) is 0. The van der Waals surface area contributed by atoms with Crippen molar-refractivity contribution < 1.29 is 9.84 Å². The molecule has 1 atom stereocenters. The second kappa shape index (κ2) is 8.48. The molecule has 0 heterocycles. The van der Waals surface area contributed by atoms with Crippen molar-refractivity contribution in [3.8, 4) is 0 Å². The van der Waals surface area contributed by atoms with E-state index < -0.39 is 6.10 Å². The van der Waals surface area contributed by atoms with Crippen LogP contribution in [0.2, 0.25) is 5.02 Å². The van der Waals surface area contributed by atoms with Crippen LogP contribution in [0.25, 0.3) is 0 Å². The van der Waals surface area contributed by atoms with Crippen LogP contribution in [0.4, 0.5) is 0 Å². The normalized spacial score (nSPS) is 12.9. The molecule has 0 aliphatic carbocycles. The van der Waals surface area contributed by atoms with Gasteiger partial charge in [-0.3, -0.25) is 0 Å². The largest absolute Gasteiger partial charge is 0.389 e. The average molecular weight is 272 g/mol. The highest BCUT2D eigenvalue weighted by Crippen LogP contribution is 2.09. The molecule has 0 fully saturated rings. The van der Waals surface area contributed by atoms with E-state index in [-0.39, 0.29) is 0 Å². The topological polar surface area (TPSA) is 41.5 Å². The first-order chi connectivity index (χ1) is 8.58. The fourth-order valence-corrected chi connectivity index (χ4v) is 1.61. The summed E-state index contributed by atoms with van der Waals surface area (Å²) in [6.45, 7) is 6.50. The predicted octanol–water partition coefficient (Wildman–Crippen LogP) is 2.46. The minimum atomic E-state index is -0.462. The van der Waals surface area contributed by atoms with Gasteiger partial charge < -0.3 is 15.2 Å².